The van der Waals surface area contributed by atoms with Crippen LogP contribution in [0.5, 0.6) is 0 Å². The Morgan fingerprint density at radius 1 is 0.615 bits per heavy atom. The van der Waals surface area contributed by atoms with E-state index in [-0.39, 0.29) is 26.6 Å². The van der Waals surface area contributed by atoms with Crippen molar-refractivity contribution >= 4 is 55.9 Å². The molecule has 0 spiro atoms. The standard InChI is InChI=1S/C46H37N5.Pt/c1-46(2,3)49-32-48(42-23-12-13-24-43(42)49)36-19-14-20-37(30-36)50(35-17-8-5-9-18-35)38-25-26-40-39-21-10-11-22-41(39)51(44(40)31-38)45-29-34(27-28-47-45)33-15-6-4-7-16-33;/h4-29H,32H2,1-3H3;/q-2;+2. The van der Waals surface area contributed by atoms with Gasteiger partial charge in [-0.3, -0.25) is 0 Å². The molecule has 256 valence electrons. The molecule has 0 radical (unpaired) electrons. The Morgan fingerprint density at radius 2 is 1.31 bits per heavy atom. The molecule has 5 nitrogen and oxygen atoms in total. The van der Waals surface area contributed by atoms with Crippen LogP contribution < -0.4 is 14.7 Å². The number of rotatable bonds is 6. The van der Waals surface area contributed by atoms with Gasteiger partial charge in [0, 0.05) is 22.9 Å². The van der Waals surface area contributed by atoms with Crippen molar-refractivity contribution in [2.45, 2.75) is 26.3 Å². The molecule has 3 heterocycles. The molecule has 6 heteroatoms. The summed E-state index contributed by atoms with van der Waals surface area (Å²) < 4.78 is 2.24. The zero-order valence-corrected chi connectivity index (χ0v) is 31.5. The fourth-order valence-corrected chi connectivity index (χ4v) is 7.31. The van der Waals surface area contributed by atoms with Gasteiger partial charge in [-0.15, -0.1) is 35.7 Å². The Hall–Kier alpha value is -5.64. The van der Waals surface area contributed by atoms with E-state index in [1.807, 2.05) is 12.3 Å². The molecule has 1 aliphatic heterocycles. The average Bonchev–Trinajstić information content (AvgIpc) is 3.73. The summed E-state index contributed by atoms with van der Waals surface area (Å²) in [5, 5.41) is 2.29. The number of para-hydroxylation sites is 4. The Labute approximate surface area is 319 Å². The molecule has 0 saturated carbocycles. The summed E-state index contributed by atoms with van der Waals surface area (Å²) in [6.07, 6.45) is 1.90. The van der Waals surface area contributed by atoms with Crippen molar-refractivity contribution < 1.29 is 21.1 Å². The van der Waals surface area contributed by atoms with Gasteiger partial charge in [0.15, 0.2) is 0 Å². The first kappa shape index (κ1) is 33.5. The van der Waals surface area contributed by atoms with Gasteiger partial charge >= 0.3 is 21.1 Å². The Bertz CT molecular complexity index is 2520. The smallest absolute Gasteiger partial charge is 0.358 e. The number of fused-ring (bicyclic) bond motifs is 4. The second kappa shape index (κ2) is 13.5. The van der Waals surface area contributed by atoms with Gasteiger partial charge in [-0.1, -0.05) is 101 Å². The monoisotopic (exact) mass is 854 g/mol. The number of hydrogen-bond acceptors (Lipinski definition) is 4. The summed E-state index contributed by atoms with van der Waals surface area (Å²) in [5.74, 6) is 0.854. The van der Waals surface area contributed by atoms with E-state index in [4.69, 9.17) is 4.98 Å². The van der Waals surface area contributed by atoms with Crippen molar-refractivity contribution in [3.8, 4) is 16.9 Å². The first-order valence-electron chi connectivity index (χ1n) is 17.4. The maximum absolute atomic E-state index is 4.91. The Balaban J connectivity index is 0.00000387. The maximum Gasteiger partial charge on any atom is 2.00 e. The van der Waals surface area contributed by atoms with Crippen LogP contribution in [-0.4, -0.2) is 21.8 Å². The summed E-state index contributed by atoms with van der Waals surface area (Å²) in [7, 11) is 0. The van der Waals surface area contributed by atoms with Gasteiger partial charge in [-0.25, -0.2) is 4.98 Å². The fourth-order valence-electron chi connectivity index (χ4n) is 7.31. The molecule has 0 aliphatic carbocycles. The van der Waals surface area contributed by atoms with Gasteiger partial charge < -0.3 is 19.3 Å². The second-order valence-corrected chi connectivity index (χ2v) is 14.0. The first-order chi connectivity index (χ1) is 24.9. The zero-order valence-electron chi connectivity index (χ0n) is 29.3. The van der Waals surface area contributed by atoms with Gasteiger partial charge in [0.2, 0.25) is 0 Å². The van der Waals surface area contributed by atoms with Crippen molar-refractivity contribution in [1.29, 1.82) is 0 Å². The number of nitrogens with zero attached hydrogens (tertiary/aromatic N) is 5. The first-order valence-corrected chi connectivity index (χ1v) is 17.4. The van der Waals surface area contributed by atoms with E-state index in [9.17, 15) is 0 Å². The molecule has 0 atom stereocenters. The molecule has 0 bridgehead atoms. The van der Waals surface area contributed by atoms with E-state index < -0.39 is 0 Å². The van der Waals surface area contributed by atoms with Crippen LogP contribution in [-0.2, 0) is 21.1 Å². The van der Waals surface area contributed by atoms with E-state index in [0.717, 1.165) is 68.2 Å². The van der Waals surface area contributed by atoms with E-state index in [1.54, 1.807) is 0 Å². The van der Waals surface area contributed by atoms with Gasteiger partial charge in [0.25, 0.3) is 0 Å². The van der Waals surface area contributed by atoms with Crippen LogP contribution in [0.1, 0.15) is 20.8 Å². The minimum absolute atomic E-state index is 0. The third-order valence-corrected chi connectivity index (χ3v) is 9.76. The number of benzene rings is 6. The number of pyridine rings is 1. The van der Waals surface area contributed by atoms with E-state index in [0.29, 0.717) is 0 Å². The van der Waals surface area contributed by atoms with Crippen molar-refractivity contribution in [2.24, 2.45) is 0 Å². The van der Waals surface area contributed by atoms with Crippen LogP contribution in [0, 0.1) is 12.1 Å². The van der Waals surface area contributed by atoms with Crippen LogP contribution in [0.3, 0.4) is 0 Å². The van der Waals surface area contributed by atoms with E-state index >= 15 is 0 Å². The number of hydrogen-bond donors (Lipinski definition) is 0. The molecule has 0 fully saturated rings. The van der Waals surface area contributed by atoms with E-state index in [1.165, 1.54) is 11.4 Å². The largest absolute Gasteiger partial charge is 2.00 e. The summed E-state index contributed by atoms with van der Waals surface area (Å²) >= 11 is 0. The molecule has 2 aromatic heterocycles. The summed E-state index contributed by atoms with van der Waals surface area (Å²) in [5.41, 5.74) is 10.6. The predicted molar refractivity (Wildman–Crippen MR) is 212 cm³/mol. The molecule has 52 heavy (non-hydrogen) atoms. The SMILES string of the molecule is CC(C)(C)N1CN(c2[c-]c(N(c3[c-]c4c(cc3)c3ccccc3n4-c3cc(-c4ccccc4)ccn3)c3ccccc3)ccc2)c2ccccc21.[Pt+2]. The van der Waals surface area contributed by atoms with Crippen molar-refractivity contribution in [1.82, 2.24) is 9.55 Å². The van der Waals surface area contributed by atoms with Crippen molar-refractivity contribution in [3.63, 3.8) is 0 Å². The average molecular weight is 855 g/mol. The molecular formula is C46H37N5Pt. The van der Waals surface area contributed by atoms with Crippen LogP contribution in [0.25, 0.3) is 38.8 Å². The fraction of sp³-hybridized carbons (Fsp3) is 0.109. The minimum Gasteiger partial charge on any atom is -0.358 e. The molecule has 1 aliphatic rings. The summed E-state index contributed by atoms with van der Waals surface area (Å²) in [6.45, 7) is 7.55. The Kier molecular flexibility index (Phi) is 8.69. The van der Waals surface area contributed by atoms with Gasteiger partial charge in [0.05, 0.1) is 18.0 Å². The molecule has 0 saturated heterocycles. The van der Waals surface area contributed by atoms with Crippen molar-refractivity contribution in [3.05, 3.63) is 170 Å². The summed E-state index contributed by atoms with van der Waals surface area (Å²) in [4.78, 5) is 12.0. The van der Waals surface area contributed by atoms with Crippen LogP contribution in [0.2, 0.25) is 0 Å². The normalized spacial score (nSPS) is 12.6. The predicted octanol–water partition coefficient (Wildman–Crippen LogP) is 11.6. The molecule has 0 amide bonds. The topological polar surface area (TPSA) is 27.5 Å². The van der Waals surface area contributed by atoms with Crippen LogP contribution in [0.4, 0.5) is 34.1 Å². The third kappa shape index (κ3) is 5.85. The third-order valence-electron chi connectivity index (χ3n) is 9.76. The maximum atomic E-state index is 4.91. The van der Waals surface area contributed by atoms with Crippen LogP contribution in [0.15, 0.2) is 158 Å². The minimum atomic E-state index is -0.0309. The molecule has 6 aromatic carbocycles. The van der Waals surface area contributed by atoms with E-state index in [2.05, 4.69) is 198 Å². The number of anilines is 6. The van der Waals surface area contributed by atoms with Gasteiger partial charge in [0.1, 0.15) is 5.82 Å². The second-order valence-electron chi connectivity index (χ2n) is 14.0. The quantitative estimate of drug-likeness (QED) is 0.156. The molecule has 0 N–H and O–H groups in total. The van der Waals surface area contributed by atoms with Crippen molar-refractivity contribution in [2.75, 3.05) is 21.4 Å². The molecular weight excluding hydrogens is 818 g/mol. The van der Waals surface area contributed by atoms with Gasteiger partial charge in [-0.05, 0) is 79.7 Å². The summed E-state index contributed by atoms with van der Waals surface area (Å²) in [6, 6.07) is 61.0. The van der Waals surface area contributed by atoms with Gasteiger partial charge in [-0.2, -0.15) is 12.1 Å². The molecule has 0 unspecified atom stereocenters. The zero-order chi connectivity index (χ0) is 34.5. The number of aromatic nitrogens is 2. The molecule has 9 rings (SSSR count). The van der Waals surface area contributed by atoms with Crippen LogP contribution >= 0.6 is 0 Å². The Morgan fingerprint density at radius 3 is 2.10 bits per heavy atom. The molecule has 8 aromatic rings.